The Morgan fingerprint density at radius 3 is 2.62 bits per heavy atom. The van der Waals surface area contributed by atoms with Crippen LogP contribution in [0.1, 0.15) is 31.2 Å². The predicted octanol–water partition coefficient (Wildman–Crippen LogP) is 5.72. The van der Waals surface area contributed by atoms with Gasteiger partial charge in [0, 0.05) is 0 Å². The lowest BCUT2D eigenvalue weighted by molar-refractivity contribution is 0.734. The molecule has 24 heavy (non-hydrogen) atoms. The van der Waals surface area contributed by atoms with Gasteiger partial charge in [0.25, 0.3) is 0 Å². The zero-order chi connectivity index (χ0) is 16.2. The van der Waals surface area contributed by atoms with Crippen LogP contribution in [0.25, 0.3) is 16.3 Å². The third kappa shape index (κ3) is 3.39. The van der Waals surface area contributed by atoms with Crippen LogP contribution in [-0.4, -0.2) is 10.7 Å². The number of para-hydroxylation sites is 1. The highest BCUT2D eigenvalue weighted by Crippen LogP contribution is 2.27. The van der Waals surface area contributed by atoms with Crippen LogP contribution in [0, 0.1) is 0 Å². The highest BCUT2D eigenvalue weighted by molar-refractivity contribution is 7.22. The number of hydrogen-bond donors (Lipinski definition) is 1. The van der Waals surface area contributed by atoms with E-state index in [2.05, 4.69) is 51.9 Å². The minimum absolute atomic E-state index is 0.855. The summed E-state index contributed by atoms with van der Waals surface area (Å²) in [6.45, 7) is 0. The van der Waals surface area contributed by atoms with Crippen molar-refractivity contribution < 1.29 is 0 Å². The summed E-state index contributed by atoms with van der Waals surface area (Å²) in [5, 5.41) is 5.53. The zero-order valence-corrected chi connectivity index (χ0v) is 14.2. The molecule has 2 aromatic carbocycles. The molecule has 1 heterocycles. The summed E-state index contributed by atoms with van der Waals surface area (Å²) in [4.78, 5) is 4.59. The van der Waals surface area contributed by atoms with Gasteiger partial charge in [-0.05, 0) is 55.0 Å². The number of nitrogens with zero attached hydrogens (tertiary/aromatic N) is 2. The van der Waals surface area contributed by atoms with E-state index in [-0.39, 0.29) is 0 Å². The van der Waals surface area contributed by atoms with Crippen molar-refractivity contribution in [2.24, 2.45) is 5.10 Å². The fraction of sp³-hybridized carbons (Fsp3) is 0.200. The molecule has 0 spiro atoms. The molecule has 0 radical (unpaired) electrons. The molecule has 120 valence electrons. The van der Waals surface area contributed by atoms with Gasteiger partial charge in [-0.1, -0.05) is 53.8 Å². The first-order chi connectivity index (χ1) is 11.9. The van der Waals surface area contributed by atoms with Crippen molar-refractivity contribution in [3.8, 4) is 0 Å². The topological polar surface area (TPSA) is 37.3 Å². The average Bonchev–Trinajstić information content (AvgIpc) is 3.05. The van der Waals surface area contributed by atoms with E-state index in [1.54, 1.807) is 11.3 Å². The summed E-state index contributed by atoms with van der Waals surface area (Å²) < 4.78 is 1.18. The summed E-state index contributed by atoms with van der Waals surface area (Å²) in [6, 6.07) is 18.7. The number of anilines is 1. The van der Waals surface area contributed by atoms with Crippen LogP contribution in [0.4, 0.5) is 5.13 Å². The van der Waals surface area contributed by atoms with Gasteiger partial charge in [-0.25, -0.2) is 4.98 Å². The lowest BCUT2D eigenvalue weighted by atomic mass is 9.91. The maximum absolute atomic E-state index is 4.67. The molecule has 4 heteroatoms. The summed E-state index contributed by atoms with van der Waals surface area (Å²) in [5.41, 5.74) is 7.93. The second-order valence-electron chi connectivity index (χ2n) is 5.94. The molecule has 0 bridgehead atoms. The van der Waals surface area contributed by atoms with E-state index in [0.29, 0.717) is 0 Å². The van der Waals surface area contributed by atoms with Crippen molar-refractivity contribution >= 4 is 38.5 Å². The van der Waals surface area contributed by atoms with E-state index in [4.69, 9.17) is 0 Å². The van der Waals surface area contributed by atoms with Gasteiger partial charge >= 0.3 is 0 Å². The first kappa shape index (κ1) is 15.1. The van der Waals surface area contributed by atoms with Crippen LogP contribution in [0.5, 0.6) is 0 Å². The highest BCUT2D eigenvalue weighted by Gasteiger charge is 2.14. The van der Waals surface area contributed by atoms with E-state index >= 15 is 0 Å². The van der Waals surface area contributed by atoms with Gasteiger partial charge < -0.3 is 0 Å². The molecule has 0 unspecified atom stereocenters. The Hall–Kier alpha value is -2.46. The summed E-state index contributed by atoms with van der Waals surface area (Å²) in [7, 11) is 0. The van der Waals surface area contributed by atoms with Gasteiger partial charge in [-0.3, -0.25) is 5.43 Å². The van der Waals surface area contributed by atoms with E-state index in [1.165, 1.54) is 28.7 Å². The molecule has 0 aliphatic heterocycles. The van der Waals surface area contributed by atoms with Crippen molar-refractivity contribution in [3.63, 3.8) is 0 Å². The van der Waals surface area contributed by atoms with Gasteiger partial charge in [0.05, 0.1) is 15.9 Å². The molecule has 1 N–H and O–H groups in total. The Morgan fingerprint density at radius 2 is 1.75 bits per heavy atom. The quantitative estimate of drug-likeness (QED) is 0.622. The highest BCUT2D eigenvalue weighted by atomic mass is 32.1. The molecular formula is C20H19N3S. The summed E-state index contributed by atoms with van der Waals surface area (Å²) >= 11 is 1.64. The van der Waals surface area contributed by atoms with Gasteiger partial charge in [0.15, 0.2) is 0 Å². The SMILES string of the molecule is C(=C1/CCCC/C1=N\Nc1nc2ccccc2s1)/c1ccccc1. The maximum Gasteiger partial charge on any atom is 0.204 e. The Balaban J connectivity index is 1.58. The number of benzene rings is 2. The predicted molar refractivity (Wildman–Crippen MR) is 104 cm³/mol. The fourth-order valence-corrected chi connectivity index (χ4v) is 3.79. The molecule has 3 aromatic rings. The fourth-order valence-electron chi connectivity index (χ4n) is 2.98. The minimum atomic E-state index is 0.855. The third-order valence-electron chi connectivity index (χ3n) is 4.20. The molecule has 0 saturated heterocycles. The lowest BCUT2D eigenvalue weighted by Gasteiger charge is -2.16. The zero-order valence-electron chi connectivity index (χ0n) is 13.4. The van der Waals surface area contributed by atoms with E-state index in [1.807, 2.05) is 24.3 Å². The number of thiazole rings is 1. The number of rotatable bonds is 3. The van der Waals surface area contributed by atoms with Crippen molar-refractivity contribution in [1.29, 1.82) is 0 Å². The normalized spacial score (nSPS) is 18.3. The number of aromatic nitrogens is 1. The molecular weight excluding hydrogens is 314 g/mol. The van der Waals surface area contributed by atoms with Crippen LogP contribution in [0.2, 0.25) is 0 Å². The number of fused-ring (bicyclic) bond motifs is 1. The Bertz CT molecular complexity index is 860. The molecule has 3 nitrogen and oxygen atoms in total. The molecule has 1 aliphatic rings. The lowest BCUT2D eigenvalue weighted by Crippen LogP contribution is -2.11. The first-order valence-electron chi connectivity index (χ1n) is 8.33. The molecule has 1 fully saturated rings. The summed E-state index contributed by atoms with van der Waals surface area (Å²) in [5.74, 6) is 0. The molecule has 1 aliphatic carbocycles. The second kappa shape index (κ2) is 6.97. The van der Waals surface area contributed by atoms with Crippen molar-refractivity contribution in [3.05, 3.63) is 65.7 Å². The number of hydrazone groups is 1. The van der Waals surface area contributed by atoms with Crippen LogP contribution in [0.15, 0.2) is 65.3 Å². The van der Waals surface area contributed by atoms with Gasteiger partial charge in [0.1, 0.15) is 0 Å². The second-order valence-corrected chi connectivity index (χ2v) is 6.98. The van der Waals surface area contributed by atoms with E-state index < -0.39 is 0 Å². The third-order valence-corrected chi connectivity index (χ3v) is 5.14. The molecule has 1 saturated carbocycles. The molecule has 0 atom stereocenters. The van der Waals surface area contributed by atoms with E-state index in [9.17, 15) is 0 Å². The molecule has 0 amide bonds. The van der Waals surface area contributed by atoms with Gasteiger partial charge in [0.2, 0.25) is 5.13 Å². The van der Waals surface area contributed by atoms with Crippen molar-refractivity contribution in [2.75, 3.05) is 5.43 Å². The Morgan fingerprint density at radius 1 is 0.958 bits per heavy atom. The van der Waals surface area contributed by atoms with E-state index in [0.717, 1.165) is 29.2 Å². The summed E-state index contributed by atoms with van der Waals surface area (Å²) in [6.07, 6.45) is 6.81. The first-order valence-corrected chi connectivity index (χ1v) is 9.14. The molecule has 4 rings (SSSR count). The standard InChI is InChI=1S/C20H19N3S/c1-2-8-15(9-3-1)14-16-10-4-5-11-17(16)22-23-20-21-18-12-6-7-13-19(18)24-20/h1-3,6-9,12-14H,4-5,10-11H2,(H,21,23)/b16-14+,22-17+. The number of nitrogens with one attached hydrogen (secondary N) is 1. The Labute approximate surface area is 145 Å². The monoisotopic (exact) mass is 333 g/mol. The Kier molecular flexibility index (Phi) is 4.38. The number of allylic oxidation sites excluding steroid dienone is 1. The van der Waals surface area contributed by atoms with Crippen LogP contribution >= 0.6 is 11.3 Å². The maximum atomic E-state index is 4.67. The van der Waals surface area contributed by atoms with Gasteiger partial charge in [-0.15, -0.1) is 0 Å². The smallest absolute Gasteiger partial charge is 0.204 e. The van der Waals surface area contributed by atoms with Crippen LogP contribution in [0.3, 0.4) is 0 Å². The average molecular weight is 333 g/mol. The van der Waals surface area contributed by atoms with Crippen LogP contribution < -0.4 is 5.43 Å². The number of hydrogen-bond acceptors (Lipinski definition) is 4. The van der Waals surface area contributed by atoms with Crippen molar-refractivity contribution in [1.82, 2.24) is 4.98 Å². The molecule has 1 aromatic heterocycles. The van der Waals surface area contributed by atoms with Crippen molar-refractivity contribution in [2.45, 2.75) is 25.7 Å². The largest absolute Gasteiger partial charge is 0.252 e. The van der Waals surface area contributed by atoms with Crippen LogP contribution in [-0.2, 0) is 0 Å². The minimum Gasteiger partial charge on any atom is -0.252 e. The van der Waals surface area contributed by atoms with Gasteiger partial charge in [-0.2, -0.15) is 5.10 Å².